The van der Waals surface area contributed by atoms with Crippen molar-refractivity contribution in [2.24, 2.45) is 0 Å². The predicted molar refractivity (Wildman–Crippen MR) is 106 cm³/mol. The molecule has 2 aromatic carbocycles. The standard InChI is InChI=1S/C21H19FN2O3S/c1-14-4-2-3-5-17(14)18(25)10-21-24(20(27)13-28-21)12-19(26)23-11-15-6-8-16(22)9-7-15/h2-10H,11-13H2,1H3,(H,23,26)/b21-10-. The minimum absolute atomic E-state index is 0.167. The van der Waals surface area contributed by atoms with Gasteiger partial charge in [-0.05, 0) is 30.2 Å². The summed E-state index contributed by atoms with van der Waals surface area (Å²) in [5.41, 5.74) is 2.17. The van der Waals surface area contributed by atoms with Crippen molar-refractivity contribution in [1.82, 2.24) is 10.2 Å². The fourth-order valence-corrected chi connectivity index (χ4v) is 3.68. The predicted octanol–water partition coefficient (Wildman–Crippen LogP) is 3.05. The zero-order valence-electron chi connectivity index (χ0n) is 15.3. The number of amides is 2. The molecular formula is C21H19FN2O3S. The van der Waals surface area contributed by atoms with E-state index in [0.29, 0.717) is 10.6 Å². The number of allylic oxidation sites excluding steroid dienone is 1. The second-order valence-electron chi connectivity index (χ2n) is 6.33. The van der Waals surface area contributed by atoms with Gasteiger partial charge in [0.05, 0.1) is 10.8 Å². The van der Waals surface area contributed by atoms with E-state index in [0.717, 1.165) is 11.1 Å². The Kier molecular flexibility index (Phi) is 6.26. The van der Waals surface area contributed by atoms with E-state index < -0.39 is 0 Å². The maximum absolute atomic E-state index is 12.9. The van der Waals surface area contributed by atoms with Gasteiger partial charge in [0.25, 0.3) is 0 Å². The summed E-state index contributed by atoms with van der Waals surface area (Å²) in [6, 6.07) is 13.0. The Hall–Kier alpha value is -2.93. The lowest BCUT2D eigenvalue weighted by Crippen LogP contribution is -2.37. The van der Waals surface area contributed by atoms with Crippen LogP contribution in [-0.2, 0) is 16.1 Å². The van der Waals surface area contributed by atoms with Gasteiger partial charge in [0, 0.05) is 18.2 Å². The normalized spacial score (nSPS) is 15.1. The van der Waals surface area contributed by atoms with Gasteiger partial charge in [-0.25, -0.2) is 4.39 Å². The molecule has 0 saturated carbocycles. The molecule has 0 spiro atoms. The Balaban J connectivity index is 1.65. The number of aryl methyl sites for hydroxylation is 1. The monoisotopic (exact) mass is 398 g/mol. The van der Waals surface area contributed by atoms with Gasteiger partial charge < -0.3 is 5.32 Å². The Bertz CT molecular complexity index is 941. The summed E-state index contributed by atoms with van der Waals surface area (Å²) in [6.45, 7) is 1.91. The van der Waals surface area contributed by atoms with Crippen LogP contribution in [0.15, 0.2) is 59.6 Å². The van der Waals surface area contributed by atoms with Crippen LogP contribution in [0.2, 0.25) is 0 Å². The third-order valence-electron chi connectivity index (χ3n) is 4.28. The quantitative estimate of drug-likeness (QED) is 0.600. The highest BCUT2D eigenvalue weighted by Gasteiger charge is 2.29. The number of carbonyl (C=O) groups is 3. The molecule has 2 amide bonds. The molecule has 7 heteroatoms. The number of hydrogen-bond donors (Lipinski definition) is 1. The second kappa shape index (κ2) is 8.84. The van der Waals surface area contributed by atoms with Crippen LogP contribution in [0.5, 0.6) is 0 Å². The molecule has 1 aliphatic rings. The third kappa shape index (κ3) is 4.86. The van der Waals surface area contributed by atoms with Gasteiger partial charge in [-0.1, -0.05) is 48.2 Å². The van der Waals surface area contributed by atoms with Crippen molar-refractivity contribution in [1.29, 1.82) is 0 Å². The molecule has 1 aliphatic heterocycles. The van der Waals surface area contributed by atoms with Crippen LogP contribution in [0.4, 0.5) is 4.39 Å². The van der Waals surface area contributed by atoms with E-state index in [-0.39, 0.29) is 42.3 Å². The Morgan fingerprint density at radius 3 is 2.61 bits per heavy atom. The fraction of sp³-hybridized carbons (Fsp3) is 0.190. The van der Waals surface area contributed by atoms with Crippen molar-refractivity contribution < 1.29 is 18.8 Å². The highest BCUT2D eigenvalue weighted by Crippen LogP contribution is 2.29. The molecule has 28 heavy (non-hydrogen) atoms. The number of nitrogens with one attached hydrogen (secondary N) is 1. The maximum Gasteiger partial charge on any atom is 0.240 e. The molecule has 1 saturated heterocycles. The van der Waals surface area contributed by atoms with E-state index in [1.54, 1.807) is 24.3 Å². The summed E-state index contributed by atoms with van der Waals surface area (Å²) in [6.07, 6.45) is 1.41. The van der Waals surface area contributed by atoms with Crippen molar-refractivity contribution in [3.63, 3.8) is 0 Å². The minimum Gasteiger partial charge on any atom is -0.350 e. The van der Waals surface area contributed by atoms with Gasteiger partial charge in [0.15, 0.2) is 5.78 Å². The van der Waals surface area contributed by atoms with Crippen LogP contribution in [0, 0.1) is 12.7 Å². The Morgan fingerprint density at radius 2 is 1.89 bits per heavy atom. The van der Waals surface area contributed by atoms with Gasteiger partial charge in [-0.3, -0.25) is 19.3 Å². The lowest BCUT2D eigenvalue weighted by Gasteiger charge is -2.16. The number of ketones is 1. The van der Waals surface area contributed by atoms with E-state index in [4.69, 9.17) is 0 Å². The molecule has 0 radical (unpaired) electrons. The van der Waals surface area contributed by atoms with Crippen LogP contribution >= 0.6 is 11.8 Å². The van der Waals surface area contributed by atoms with Crippen LogP contribution in [0.3, 0.4) is 0 Å². The zero-order valence-corrected chi connectivity index (χ0v) is 16.1. The summed E-state index contributed by atoms with van der Waals surface area (Å²) in [5.74, 6) is -0.923. The SMILES string of the molecule is Cc1ccccc1C(=O)/C=C1\SCC(=O)N1CC(=O)NCc1ccc(F)cc1. The molecule has 0 bridgehead atoms. The molecule has 0 unspecified atom stereocenters. The number of benzene rings is 2. The molecule has 0 atom stereocenters. The van der Waals surface area contributed by atoms with E-state index in [1.165, 1.54) is 34.9 Å². The number of carbonyl (C=O) groups excluding carboxylic acids is 3. The largest absolute Gasteiger partial charge is 0.350 e. The zero-order chi connectivity index (χ0) is 20.1. The number of rotatable bonds is 6. The topological polar surface area (TPSA) is 66.5 Å². The van der Waals surface area contributed by atoms with Crippen molar-refractivity contribution in [3.8, 4) is 0 Å². The first-order valence-corrected chi connectivity index (χ1v) is 9.68. The van der Waals surface area contributed by atoms with Crippen LogP contribution < -0.4 is 5.32 Å². The summed E-state index contributed by atoms with van der Waals surface area (Å²) in [4.78, 5) is 38.2. The summed E-state index contributed by atoms with van der Waals surface area (Å²) < 4.78 is 12.9. The van der Waals surface area contributed by atoms with E-state index in [1.807, 2.05) is 19.1 Å². The lowest BCUT2D eigenvalue weighted by atomic mass is 10.1. The first-order chi connectivity index (χ1) is 13.4. The molecule has 0 aliphatic carbocycles. The number of halogens is 1. The average molecular weight is 398 g/mol. The number of thioether (sulfide) groups is 1. The molecule has 1 heterocycles. The van der Waals surface area contributed by atoms with Crippen molar-refractivity contribution in [2.45, 2.75) is 13.5 Å². The van der Waals surface area contributed by atoms with Gasteiger partial charge in [0.1, 0.15) is 12.4 Å². The van der Waals surface area contributed by atoms with Crippen LogP contribution in [-0.4, -0.2) is 34.8 Å². The molecule has 1 fully saturated rings. The van der Waals surface area contributed by atoms with E-state index in [2.05, 4.69) is 5.32 Å². The van der Waals surface area contributed by atoms with Gasteiger partial charge in [-0.2, -0.15) is 0 Å². The number of nitrogens with zero attached hydrogens (tertiary/aromatic N) is 1. The summed E-state index contributed by atoms with van der Waals surface area (Å²) >= 11 is 1.24. The molecule has 144 valence electrons. The third-order valence-corrected chi connectivity index (χ3v) is 5.31. The maximum atomic E-state index is 12.9. The van der Waals surface area contributed by atoms with E-state index in [9.17, 15) is 18.8 Å². The summed E-state index contributed by atoms with van der Waals surface area (Å²) in [7, 11) is 0. The van der Waals surface area contributed by atoms with Crippen molar-refractivity contribution in [2.75, 3.05) is 12.3 Å². The second-order valence-corrected chi connectivity index (χ2v) is 7.33. The average Bonchev–Trinajstić information content (AvgIpc) is 3.01. The highest BCUT2D eigenvalue weighted by atomic mass is 32.2. The van der Waals surface area contributed by atoms with Crippen LogP contribution in [0.25, 0.3) is 0 Å². The highest BCUT2D eigenvalue weighted by molar-refractivity contribution is 8.04. The smallest absolute Gasteiger partial charge is 0.240 e. The van der Waals surface area contributed by atoms with E-state index >= 15 is 0 Å². The van der Waals surface area contributed by atoms with Crippen LogP contribution in [0.1, 0.15) is 21.5 Å². The molecule has 1 N–H and O–H groups in total. The molecule has 5 nitrogen and oxygen atoms in total. The molecule has 0 aromatic heterocycles. The number of hydrogen-bond acceptors (Lipinski definition) is 4. The first kappa shape index (κ1) is 19.8. The molecular weight excluding hydrogens is 379 g/mol. The van der Waals surface area contributed by atoms with Crippen molar-refractivity contribution >= 4 is 29.4 Å². The summed E-state index contributed by atoms with van der Waals surface area (Å²) in [5, 5.41) is 3.17. The Labute approximate surface area is 166 Å². The van der Waals surface area contributed by atoms with Crippen molar-refractivity contribution in [3.05, 3.63) is 82.1 Å². The van der Waals surface area contributed by atoms with Gasteiger partial charge in [-0.15, -0.1) is 0 Å². The lowest BCUT2D eigenvalue weighted by molar-refractivity contribution is -0.131. The molecule has 3 rings (SSSR count). The van der Waals surface area contributed by atoms with Gasteiger partial charge >= 0.3 is 0 Å². The first-order valence-electron chi connectivity index (χ1n) is 8.70. The molecule has 2 aromatic rings. The fourth-order valence-electron chi connectivity index (χ4n) is 2.74. The van der Waals surface area contributed by atoms with Gasteiger partial charge in [0.2, 0.25) is 11.8 Å². The Morgan fingerprint density at radius 1 is 1.18 bits per heavy atom. The minimum atomic E-state index is -0.352.